The second-order valence-electron chi connectivity index (χ2n) is 4.90. The standard InChI is InChI=1S/C15H18N4O4/c20-15(12-2-1-6-22-12)16-3-7-23-14-10-13(17-11-18-14)19-4-8-21-9-5-19/h1-2,6,10-11H,3-5,7-9H2,(H,16,20). The summed E-state index contributed by atoms with van der Waals surface area (Å²) in [5, 5.41) is 2.71. The number of hydrogen-bond acceptors (Lipinski definition) is 7. The van der Waals surface area contributed by atoms with E-state index in [1.54, 1.807) is 18.2 Å². The van der Waals surface area contributed by atoms with Gasteiger partial charge in [0.15, 0.2) is 5.76 Å². The fourth-order valence-electron chi connectivity index (χ4n) is 2.19. The van der Waals surface area contributed by atoms with Crippen molar-refractivity contribution in [3.8, 4) is 5.88 Å². The van der Waals surface area contributed by atoms with Crippen LogP contribution in [0.5, 0.6) is 5.88 Å². The minimum Gasteiger partial charge on any atom is -0.476 e. The average molecular weight is 318 g/mol. The molecule has 1 fully saturated rings. The molecule has 3 heterocycles. The number of carbonyl (C=O) groups excluding carboxylic acids is 1. The summed E-state index contributed by atoms with van der Waals surface area (Å²) in [5.74, 6) is 1.31. The smallest absolute Gasteiger partial charge is 0.287 e. The third-order valence-electron chi connectivity index (χ3n) is 3.35. The lowest BCUT2D eigenvalue weighted by Gasteiger charge is -2.27. The van der Waals surface area contributed by atoms with Crippen LogP contribution in [0.2, 0.25) is 0 Å². The second-order valence-corrected chi connectivity index (χ2v) is 4.90. The molecule has 1 aliphatic heterocycles. The lowest BCUT2D eigenvalue weighted by Crippen LogP contribution is -2.36. The fourth-order valence-corrected chi connectivity index (χ4v) is 2.19. The van der Waals surface area contributed by atoms with Gasteiger partial charge in [0.05, 0.1) is 26.0 Å². The summed E-state index contributed by atoms with van der Waals surface area (Å²) in [4.78, 5) is 22.1. The Bertz CT molecular complexity index is 626. The third-order valence-corrected chi connectivity index (χ3v) is 3.35. The highest BCUT2D eigenvalue weighted by atomic mass is 16.5. The number of ether oxygens (including phenoxy) is 2. The Morgan fingerprint density at radius 3 is 3.00 bits per heavy atom. The molecule has 1 amide bonds. The average Bonchev–Trinajstić information content (AvgIpc) is 3.14. The monoisotopic (exact) mass is 318 g/mol. The number of furan rings is 1. The van der Waals surface area contributed by atoms with Crippen LogP contribution in [0.3, 0.4) is 0 Å². The largest absolute Gasteiger partial charge is 0.476 e. The number of nitrogens with one attached hydrogen (secondary N) is 1. The van der Waals surface area contributed by atoms with E-state index in [1.165, 1.54) is 12.6 Å². The van der Waals surface area contributed by atoms with Crippen molar-refractivity contribution in [1.82, 2.24) is 15.3 Å². The van der Waals surface area contributed by atoms with Crippen LogP contribution in [0.15, 0.2) is 35.2 Å². The maximum atomic E-state index is 11.7. The van der Waals surface area contributed by atoms with Gasteiger partial charge in [0.25, 0.3) is 5.91 Å². The quantitative estimate of drug-likeness (QED) is 0.785. The molecule has 0 saturated carbocycles. The van der Waals surface area contributed by atoms with Crippen molar-refractivity contribution >= 4 is 11.7 Å². The van der Waals surface area contributed by atoms with Crippen molar-refractivity contribution in [3.05, 3.63) is 36.5 Å². The minimum atomic E-state index is -0.268. The summed E-state index contributed by atoms with van der Waals surface area (Å²) in [6.45, 7) is 3.66. The van der Waals surface area contributed by atoms with Crippen LogP contribution in [0.1, 0.15) is 10.6 Å². The molecule has 0 unspecified atom stereocenters. The number of aromatic nitrogens is 2. The molecule has 122 valence electrons. The highest BCUT2D eigenvalue weighted by Gasteiger charge is 2.13. The number of amides is 1. The summed E-state index contributed by atoms with van der Waals surface area (Å²) in [7, 11) is 0. The van der Waals surface area contributed by atoms with Crippen LogP contribution in [-0.2, 0) is 4.74 Å². The SMILES string of the molecule is O=C(NCCOc1cc(N2CCOCC2)ncn1)c1ccco1. The van der Waals surface area contributed by atoms with Gasteiger partial charge in [-0.3, -0.25) is 4.79 Å². The van der Waals surface area contributed by atoms with E-state index >= 15 is 0 Å². The topological polar surface area (TPSA) is 89.7 Å². The van der Waals surface area contributed by atoms with Crippen LogP contribution in [0.25, 0.3) is 0 Å². The van der Waals surface area contributed by atoms with Gasteiger partial charge in [-0.2, -0.15) is 0 Å². The Balaban J connectivity index is 1.45. The first kappa shape index (κ1) is 15.3. The molecule has 2 aromatic rings. The van der Waals surface area contributed by atoms with Crippen molar-refractivity contribution in [1.29, 1.82) is 0 Å². The maximum absolute atomic E-state index is 11.7. The number of carbonyl (C=O) groups is 1. The molecule has 23 heavy (non-hydrogen) atoms. The van der Waals surface area contributed by atoms with Crippen LogP contribution >= 0.6 is 0 Å². The second kappa shape index (κ2) is 7.59. The fraction of sp³-hybridized carbons (Fsp3) is 0.400. The Hall–Kier alpha value is -2.61. The molecule has 0 aliphatic carbocycles. The van der Waals surface area contributed by atoms with E-state index in [0.717, 1.165) is 18.9 Å². The first-order chi connectivity index (χ1) is 11.3. The van der Waals surface area contributed by atoms with E-state index in [-0.39, 0.29) is 11.7 Å². The van der Waals surface area contributed by atoms with Crippen LogP contribution in [0, 0.1) is 0 Å². The highest BCUT2D eigenvalue weighted by molar-refractivity contribution is 5.91. The number of rotatable bonds is 6. The van der Waals surface area contributed by atoms with Crippen molar-refractivity contribution in [2.75, 3.05) is 44.4 Å². The van der Waals surface area contributed by atoms with Gasteiger partial charge in [0, 0.05) is 19.2 Å². The minimum absolute atomic E-state index is 0.268. The molecule has 8 nitrogen and oxygen atoms in total. The van der Waals surface area contributed by atoms with Crippen LogP contribution in [-0.4, -0.2) is 55.3 Å². The summed E-state index contributed by atoms with van der Waals surface area (Å²) in [6, 6.07) is 5.06. The van der Waals surface area contributed by atoms with E-state index in [0.29, 0.717) is 32.2 Å². The summed E-state index contributed by atoms with van der Waals surface area (Å²) < 4.78 is 15.9. The molecule has 3 rings (SSSR count). The van der Waals surface area contributed by atoms with E-state index in [9.17, 15) is 4.79 Å². The zero-order valence-corrected chi connectivity index (χ0v) is 12.6. The molecule has 2 aromatic heterocycles. The number of anilines is 1. The van der Waals surface area contributed by atoms with Crippen LogP contribution in [0.4, 0.5) is 5.82 Å². The predicted molar refractivity (Wildman–Crippen MR) is 81.6 cm³/mol. The Morgan fingerprint density at radius 1 is 1.35 bits per heavy atom. The highest BCUT2D eigenvalue weighted by Crippen LogP contribution is 2.16. The molecule has 1 aliphatic rings. The Kier molecular flexibility index (Phi) is 5.05. The molecule has 0 radical (unpaired) electrons. The third kappa shape index (κ3) is 4.19. The molecular weight excluding hydrogens is 300 g/mol. The molecule has 1 saturated heterocycles. The molecule has 8 heteroatoms. The summed E-state index contributed by atoms with van der Waals surface area (Å²) in [6.07, 6.45) is 2.93. The molecule has 0 bridgehead atoms. The molecule has 0 spiro atoms. The van der Waals surface area contributed by atoms with Gasteiger partial charge in [0.2, 0.25) is 5.88 Å². The van der Waals surface area contributed by atoms with Crippen molar-refractivity contribution < 1.29 is 18.7 Å². The maximum Gasteiger partial charge on any atom is 0.287 e. The van der Waals surface area contributed by atoms with Crippen molar-refractivity contribution in [2.45, 2.75) is 0 Å². The lowest BCUT2D eigenvalue weighted by atomic mass is 10.4. The summed E-state index contributed by atoms with van der Waals surface area (Å²) in [5.41, 5.74) is 0. The van der Waals surface area contributed by atoms with Gasteiger partial charge in [0.1, 0.15) is 18.8 Å². The molecular formula is C15H18N4O4. The molecule has 1 N–H and O–H groups in total. The van der Waals surface area contributed by atoms with Gasteiger partial charge in [-0.1, -0.05) is 0 Å². The number of hydrogen-bond donors (Lipinski definition) is 1. The molecule has 0 atom stereocenters. The van der Waals surface area contributed by atoms with E-state index in [2.05, 4.69) is 20.2 Å². The van der Waals surface area contributed by atoms with Crippen molar-refractivity contribution in [2.24, 2.45) is 0 Å². The normalized spacial score (nSPS) is 14.5. The predicted octanol–water partition coefficient (Wildman–Crippen LogP) is 0.715. The van der Waals surface area contributed by atoms with Gasteiger partial charge in [-0.15, -0.1) is 0 Å². The zero-order valence-electron chi connectivity index (χ0n) is 12.6. The number of nitrogens with zero attached hydrogens (tertiary/aromatic N) is 3. The van der Waals surface area contributed by atoms with Gasteiger partial charge in [-0.25, -0.2) is 9.97 Å². The number of morpholine rings is 1. The molecule has 0 aromatic carbocycles. The van der Waals surface area contributed by atoms with E-state index in [1.807, 2.05) is 0 Å². The Labute approximate surface area is 133 Å². The van der Waals surface area contributed by atoms with Crippen LogP contribution < -0.4 is 15.0 Å². The first-order valence-electron chi connectivity index (χ1n) is 7.42. The van der Waals surface area contributed by atoms with E-state index < -0.39 is 0 Å². The van der Waals surface area contributed by atoms with Crippen molar-refractivity contribution in [3.63, 3.8) is 0 Å². The van der Waals surface area contributed by atoms with Gasteiger partial charge in [-0.05, 0) is 12.1 Å². The zero-order chi connectivity index (χ0) is 15.9. The van der Waals surface area contributed by atoms with E-state index in [4.69, 9.17) is 13.9 Å². The lowest BCUT2D eigenvalue weighted by molar-refractivity contribution is 0.0919. The first-order valence-corrected chi connectivity index (χ1v) is 7.42. The van der Waals surface area contributed by atoms with Gasteiger partial charge >= 0.3 is 0 Å². The Morgan fingerprint density at radius 2 is 2.22 bits per heavy atom. The summed E-state index contributed by atoms with van der Waals surface area (Å²) >= 11 is 0. The van der Waals surface area contributed by atoms with Gasteiger partial charge < -0.3 is 24.1 Å².